The molecule has 0 amide bonds. The van der Waals surface area contributed by atoms with Crippen molar-refractivity contribution in [2.45, 2.75) is 18.8 Å². The molecular formula is C27H24N2O4. The number of nitrogens with two attached hydrogens (primary N) is 1. The van der Waals surface area contributed by atoms with E-state index in [9.17, 15) is 14.9 Å². The van der Waals surface area contributed by atoms with Crippen LogP contribution in [0.25, 0.3) is 10.8 Å². The zero-order chi connectivity index (χ0) is 23.2. The number of esters is 1. The number of nitrogens with zero attached hydrogens (tertiary/aromatic N) is 1. The second-order valence-electron chi connectivity index (χ2n) is 7.92. The maximum Gasteiger partial charge on any atom is 0.314 e. The van der Waals surface area contributed by atoms with Gasteiger partial charge < -0.3 is 10.5 Å². The first-order valence-electron chi connectivity index (χ1n) is 10.8. The number of benzene rings is 4. The number of carbonyl (C=O) groups is 1. The van der Waals surface area contributed by atoms with E-state index in [1.54, 1.807) is 24.3 Å². The lowest BCUT2D eigenvalue weighted by atomic mass is 9.69. The van der Waals surface area contributed by atoms with Crippen LogP contribution in [0.5, 0.6) is 5.75 Å². The molecule has 4 aromatic rings. The van der Waals surface area contributed by atoms with Crippen LogP contribution in [-0.2, 0) is 4.79 Å². The normalized spacial score (nSPS) is 16.7. The summed E-state index contributed by atoms with van der Waals surface area (Å²) in [6, 6.07) is 29.4. The standard InChI is InChI=1S/C21H17NO4.C6H7N/c23-21(26-20-11-5-7-14-6-1-2-8-15(14)20)18-13-12-16(18)17-9-3-4-10-19(17)22(24)25;7-6-4-2-1-3-5-6/h1-11,16,18H,12-13H2;1-5H,7H2/t16?,18-;/m1./s1. The van der Waals surface area contributed by atoms with Gasteiger partial charge in [0.2, 0.25) is 0 Å². The number of nitro groups is 1. The molecule has 1 aliphatic rings. The van der Waals surface area contributed by atoms with Crippen molar-refractivity contribution < 1.29 is 14.5 Å². The Morgan fingerprint density at radius 3 is 2.18 bits per heavy atom. The molecule has 1 unspecified atom stereocenters. The van der Waals surface area contributed by atoms with Gasteiger partial charge in [0.05, 0.1) is 10.8 Å². The highest BCUT2D eigenvalue weighted by molar-refractivity contribution is 5.91. The lowest BCUT2D eigenvalue weighted by Gasteiger charge is -2.34. The molecule has 6 heteroatoms. The van der Waals surface area contributed by atoms with Crippen LogP contribution in [-0.4, -0.2) is 10.9 Å². The number of carbonyl (C=O) groups excluding carboxylic acids is 1. The molecule has 2 N–H and O–H groups in total. The number of hydrogen-bond acceptors (Lipinski definition) is 5. The van der Waals surface area contributed by atoms with Gasteiger partial charge >= 0.3 is 5.97 Å². The minimum Gasteiger partial charge on any atom is -0.426 e. The molecule has 0 radical (unpaired) electrons. The number of fused-ring (bicyclic) bond motifs is 1. The number of nitro benzene ring substituents is 1. The summed E-state index contributed by atoms with van der Waals surface area (Å²) in [5.41, 5.74) is 6.86. The van der Waals surface area contributed by atoms with Crippen LogP contribution in [0.4, 0.5) is 11.4 Å². The van der Waals surface area contributed by atoms with Gasteiger partial charge in [-0.3, -0.25) is 14.9 Å². The molecule has 1 aliphatic carbocycles. The summed E-state index contributed by atoms with van der Waals surface area (Å²) in [6.45, 7) is 0. The fourth-order valence-electron chi connectivity index (χ4n) is 4.04. The highest BCUT2D eigenvalue weighted by atomic mass is 16.6. The molecule has 33 heavy (non-hydrogen) atoms. The Kier molecular flexibility index (Phi) is 6.64. The topological polar surface area (TPSA) is 95.5 Å². The fourth-order valence-corrected chi connectivity index (χ4v) is 4.04. The smallest absolute Gasteiger partial charge is 0.314 e. The number of rotatable bonds is 4. The third-order valence-corrected chi connectivity index (χ3v) is 5.87. The van der Waals surface area contributed by atoms with Crippen molar-refractivity contribution in [3.05, 3.63) is 113 Å². The Morgan fingerprint density at radius 2 is 1.52 bits per heavy atom. The van der Waals surface area contributed by atoms with Gasteiger partial charge in [-0.05, 0) is 36.4 Å². The number of nitrogen functional groups attached to an aromatic ring is 1. The van der Waals surface area contributed by atoms with E-state index in [0.717, 1.165) is 22.9 Å². The maximum atomic E-state index is 12.7. The first-order chi connectivity index (χ1) is 16.0. The predicted molar refractivity (Wildman–Crippen MR) is 129 cm³/mol. The molecule has 2 atom stereocenters. The first-order valence-corrected chi connectivity index (χ1v) is 10.8. The van der Waals surface area contributed by atoms with Crippen LogP contribution in [0.2, 0.25) is 0 Å². The molecule has 6 nitrogen and oxygen atoms in total. The average Bonchev–Trinajstić information content (AvgIpc) is 2.80. The fraction of sp³-hybridized carbons (Fsp3) is 0.148. The third kappa shape index (κ3) is 5.01. The molecule has 1 saturated carbocycles. The Labute approximate surface area is 191 Å². The molecule has 4 aromatic carbocycles. The van der Waals surface area contributed by atoms with Crippen molar-refractivity contribution in [3.8, 4) is 5.75 Å². The van der Waals surface area contributed by atoms with Crippen LogP contribution in [0, 0.1) is 16.0 Å². The summed E-state index contributed by atoms with van der Waals surface area (Å²) in [5.74, 6) is -0.314. The van der Waals surface area contributed by atoms with Crippen LogP contribution >= 0.6 is 0 Å². The van der Waals surface area contributed by atoms with Crippen LogP contribution in [0.3, 0.4) is 0 Å². The lowest BCUT2D eigenvalue weighted by molar-refractivity contribution is -0.385. The molecule has 0 saturated heterocycles. The van der Waals surface area contributed by atoms with Gasteiger partial charge in [0.1, 0.15) is 5.75 Å². The quantitative estimate of drug-likeness (QED) is 0.136. The van der Waals surface area contributed by atoms with Gasteiger partial charge in [0, 0.05) is 28.6 Å². The number of ether oxygens (including phenoxy) is 1. The summed E-state index contributed by atoms with van der Waals surface area (Å²) in [4.78, 5) is 23.6. The van der Waals surface area contributed by atoms with E-state index in [-0.39, 0.29) is 28.4 Å². The average molecular weight is 440 g/mol. The monoisotopic (exact) mass is 440 g/mol. The minimum atomic E-state index is -0.388. The Bertz CT molecular complexity index is 1270. The molecule has 166 valence electrons. The van der Waals surface area contributed by atoms with Crippen molar-refractivity contribution in [1.82, 2.24) is 0 Å². The van der Waals surface area contributed by atoms with E-state index in [2.05, 4.69) is 0 Å². The lowest BCUT2D eigenvalue weighted by Crippen LogP contribution is -2.34. The summed E-state index contributed by atoms with van der Waals surface area (Å²) >= 11 is 0. The first kappa shape index (κ1) is 22.0. The number of hydrogen-bond donors (Lipinski definition) is 1. The van der Waals surface area contributed by atoms with E-state index < -0.39 is 0 Å². The Morgan fingerprint density at radius 1 is 0.848 bits per heavy atom. The van der Waals surface area contributed by atoms with Crippen molar-refractivity contribution in [2.24, 2.45) is 5.92 Å². The maximum absolute atomic E-state index is 12.7. The molecule has 5 rings (SSSR count). The van der Waals surface area contributed by atoms with Gasteiger partial charge in [-0.25, -0.2) is 0 Å². The van der Waals surface area contributed by atoms with Gasteiger partial charge in [-0.2, -0.15) is 0 Å². The zero-order valence-electron chi connectivity index (χ0n) is 18.0. The van der Waals surface area contributed by atoms with Gasteiger partial charge in [0.25, 0.3) is 5.69 Å². The van der Waals surface area contributed by atoms with Gasteiger partial charge in [0.15, 0.2) is 0 Å². The third-order valence-electron chi connectivity index (χ3n) is 5.87. The summed E-state index contributed by atoms with van der Waals surface area (Å²) < 4.78 is 5.67. The van der Waals surface area contributed by atoms with Crippen molar-refractivity contribution in [2.75, 3.05) is 5.73 Å². The largest absolute Gasteiger partial charge is 0.426 e. The summed E-state index contributed by atoms with van der Waals surface area (Å²) in [5, 5.41) is 13.2. The second kappa shape index (κ2) is 9.96. The Hall–Kier alpha value is -4.19. The number of anilines is 1. The molecule has 1 fully saturated rings. The highest BCUT2D eigenvalue weighted by Crippen LogP contribution is 2.46. The van der Waals surface area contributed by atoms with Crippen LogP contribution in [0.1, 0.15) is 24.3 Å². The predicted octanol–water partition coefficient (Wildman–Crippen LogP) is 6.12. The van der Waals surface area contributed by atoms with Crippen molar-refractivity contribution >= 4 is 28.1 Å². The van der Waals surface area contributed by atoms with Gasteiger partial charge in [-0.1, -0.05) is 72.8 Å². The van der Waals surface area contributed by atoms with E-state index in [4.69, 9.17) is 10.5 Å². The molecule has 0 aromatic heterocycles. The number of para-hydroxylation sites is 2. The van der Waals surface area contributed by atoms with Gasteiger partial charge in [-0.15, -0.1) is 0 Å². The summed E-state index contributed by atoms with van der Waals surface area (Å²) in [7, 11) is 0. The van der Waals surface area contributed by atoms with E-state index in [0.29, 0.717) is 17.7 Å². The summed E-state index contributed by atoms with van der Waals surface area (Å²) in [6.07, 6.45) is 1.43. The van der Waals surface area contributed by atoms with E-state index in [1.807, 2.05) is 66.7 Å². The molecule has 0 spiro atoms. The second-order valence-corrected chi connectivity index (χ2v) is 7.92. The molecular weight excluding hydrogens is 416 g/mol. The van der Waals surface area contributed by atoms with E-state index in [1.165, 1.54) is 6.07 Å². The SMILES string of the molecule is Nc1ccccc1.O=C(Oc1cccc2ccccc12)[C@@H]1CCC1c1ccccc1[N+](=O)[O-]. The van der Waals surface area contributed by atoms with Crippen LogP contribution < -0.4 is 10.5 Å². The Balaban J connectivity index is 0.000000318. The van der Waals surface area contributed by atoms with Crippen LogP contribution in [0.15, 0.2) is 97.1 Å². The zero-order valence-corrected chi connectivity index (χ0v) is 18.0. The molecule has 0 aliphatic heterocycles. The minimum absolute atomic E-state index is 0.0696. The van der Waals surface area contributed by atoms with E-state index >= 15 is 0 Å². The molecule has 0 heterocycles. The van der Waals surface area contributed by atoms with Crippen molar-refractivity contribution in [1.29, 1.82) is 0 Å². The highest BCUT2D eigenvalue weighted by Gasteiger charge is 2.41. The molecule has 0 bridgehead atoms. The van der Waals surface area contributed by atoms with Crippen molar-refractivity contribution in [3.63, 3.8) is 0 Å².